The predicted molar refractivity (Wildman–Crippen MR) is 145 cm³/mol. The van der Waals surface area contributed by atoms with Gasteiger partial charge in [-0.3, -0.25) is 4.40 Å². The Hall–Kier alpha value is -3.24. The fourth-order valence-corrected chi connectivity index (χ4v) is 6.23. The molecule has 4 aromatic rings. The number of pyridine rings is 2. The Morgan fingerprint density at radius 3 is 2.71 bits per heavy atom. The van der Waals surface area contributed by atoms with Crippen LogP contribution in [-0.2, 0) is 24.0 Å². The van der Waals surface area contributed by atoms with Gasteiger partial charge in [-0.1, -0.05) is 31.5 Å². The Bertz CT molecular complexity index is 1470. The normalized spacial score (nSPS) is 16.3. The van der Waals surface area contributed by atoms with Gasteiger partial charge in [0.1, 0.15) is 16.8 Å². The van der Waals surface area contributed by atoms with Crippen molar-refractivity contribution in [2.24, 2.45) is 0 Å². The van der Waals surface area contributed by atoms with E-state index in [0.29, 0.717) is 25.2 Å². The third-order valence-electron chi connectivity index (χ3n) is 7.19. The zero-order chi connectivity index (χ0) is 26.8. The van der Waals surface area contributed by atoms with Crippen LogP contribution in [0, 0.1) is 13.8 Å². The van der Waals surface area contributed by atoms with Gasteiger partial charge in [-0.25, -0.2) is 22.3 Å². The van der Waals surface area contributed by atoms with Gasteiger partial charge in [-0.15, -0.1) is 10.2 Å². The first-order valence-corrected chi connectivity index (χ1v) is 14.0. The lowest BCUT2D eigenvalue weighted by molar-refractivity contribution is 0.139. The highest BCUT2D eigenvalue weighted by molar-refractivity contribution is 7.82. The SMILES string of the molecule is CCCCN1CCN(Cc2cc(Cc3ccn4c(C(F)F)nnc4c3C)ccc2C)S(=O)c2cccnc21. The van der Waals surface area contributed by atoms with E-state index in [4.69, 9.17) is 0 Å². The topological polar surface area (TPSA) is 66.6 Å². The van der Waals surface area contributed by atoms with Gasteiger partial charge < -0.3 is 4.90 Å². The third kappa shape index (κ3) is 5.19. The van der Waals surface area contributed by atoms with E-state index in [1.807, 2.05) is 29.4 Å². The van der Waals surface area contributed by atoms with Gasteiger partial charge in [0.15, 0.2) is 5.65 Å². The lowest BCUT2D eigenvalue weighted by Gasteiger charge is -2.23. The summed E-state index contributed by atoms with van der Waals surface area (Å²) >= 11 is 0. The number of benzene rings is 1. The van der Waals surface area contributed by atoms with Crippen LogP contribution in [0.5, 0.6) is 0 Å². The fraction of sp³-hybridized carbons (Fsp3) is 0.393. The fourth-order valence-electron chi connectivity index (χ4n) is 4.92. The second kappa shape index (κ2) is 11.2. The van der Waals surface area contributed by atoms with Gasteiger partial charge in [0.25, 0.3) is 6.43 Å². The van der Waals surface area contributed by atoms with E-state index in [1.54, 1.807) is 12.4 Å². The Balaban J connectivity index is 1.39. The van der Waals surface area contributed by atoms with Gasteiger partial charge in [0.2, 0.25) is 5.82 Å². The Labute approximate surface area is 224 Å². The van der Waals surface area contributed by atoms with Crippen molar-refractivity contribution in [3.05, 3.63) is 82.4 Å². The maximum atomic E-state index is 13.7. The summed E-state index contributed by atoms with van der Waals surface area (Å²) in [4.78, 5) is 7.59. The van der Waals surface area contributed by atoms with E-state index >= 15 is 0 Å². The largest absolute Gasteiger partial charge is 0.354 e. The van der Waals surface area contributed by atoms with Gasteiger partial charge in [0, 0.05) is 38.6 Å². The molecule has 4 heterocycles. The smallest absolute Gasteiger partial charge is 0.297 e. The van der Waals surface area contributed by atoms with Crippen molar-refractivity contribution in [2.75, 3.05) is 24.5 Å². The van der Waals surface area contributed by atoms with Crippen LogP contribution in [0.25, 0.3) is 5.65 Å². The summed E-state index contributed by atoms with van der Waals surface area (Å²) in [6, 6.07) is 12.0. The molecular formula is C28H32F2N6OS. The van der Waals surface area contributed by atoms with Crippen molar-refractivity contribution in [1.29, 1.82) is 0 Å². The highest BCUT2D eigenvalue weighted by Crippen LogP contribution is 2.29. The number of fused-ring (bicyclic) bond motifs is 2. The van der Waals surface area contributed by atoms with Crippen molar-refractivity contribution >= 4 is 22.5 Å². The van der Waals surface area contributed by atoms with Crippen LogP contribution in [0.3, 0.4) is 0 Å². The maximum Gasteiger partial charge on any atom is 0.297 e. The number of halogens is 2. The number of alkyl halides is 2. The number of hydrogen-bond donors (Lipinski definition) is 0. The Morgan fingerprint density at radius 2 is 1.92 bits per heavy atom. The molecule has 0 fully saturated rings. The minimum Gasteiger partial charge on any atom is -0.354 e. The van der Waals surface area contributed by atoms with E-state index in [-0.39, 0.29) is 5.82 Å². The lowest BCUT2D eigenvalue weighted by Crippen LogP contribution is -2.33. The monoisotopic (exact) mass is 538 g/mol. The average Bonchev–Trinajstić information content (AvgIpc) is 3.31. The standard InChI is InChI=1S/C28H32F2N6OS/c1-4-5-12-34-14-15-35(38(37)24-7-6-11-31-27(24)34)18-23-17-21(9-8-19(23)2)16-22-10-13-36-26(20(22)3)32-33-28(36)25(29)30/h6-11,13,17,25H,4-5,12,14-16,18H2,1-3H3. The number of aromatic nitrogens is 4. The molecule has 38 heavy (non-hydrogen) atoms. The molecule has 0 spiro atoms. The molecule has 0 bridgehead atoms. The summed E-state index contributed by atoms with van der Waals surface area (Å²) in [6.07, 6.45) is 3.49. The first-order valence-electron chi connectivity index (χ1n) is 12.9. The van der Waals surface area contributed by atoms with Crippen molar-refractivity contribution in [3.63, 3.8) is 0 Å². The summed E-state index contributed by atoms with van der Waals surface area (Å²) in [7, 11) is -1.32. The molecule has 0 amide bonds. The molecule has 7 nitrogen and oxygen atoms in total. The Morgan fingerprint density at radius 1 is 1.08 bits per heavy atom. The van der Waals surface area contributed by atoms with Crippen molar-refractivity contribution in [1.82, 2.24) is 23.9 Å². The van der Waals surface area contributed by atoms with Crippen molar-refractivity contribution in [2.45, 2.75) is 57.9 Å². The second-order valence-corrected chi connectivity index (χ2v) is 11.2. The van der Waals surface area contributed by atoms with Crippen LogP contribution < -0.4 is 4.90 Å². The molecule has 1 unspecified atom stereocenters. The van der Waals surface area contributed by atoms with Crippen LogP contribution >= 0.6 is 0 Å². The van der Waals surface area contributed by atoms with Crippen molar-refractivity contribution in [3.8, 4) is 0 Å². The van der Waals surface area contributed by atoms with Gasteiger partial charge in [0.05, 0.1) is 4.90 Å². The summed E-state index contributed by atoms with van der Waals surface area (Å²) in [5, 5.41) is 7.66. The second-order valence-electron chi connectivity index (χ2n) is 9.73. The van der Waals surface area contributed by atoms with Crippen LogP contribution in [0.2, 0.25) is 0 Å². The van der Waals surface area contributed by atoms with E-state index in [2.05, 4.69) is 52.1 Å². The van der Waals surface area contributed by atoms with Crippen LogP contribution in [-0.4, -0.2) is 47.7 Å². The molecule has 0 N–H and O–H groups in total. The number of hydrogen-bond acceptors (Lipinski definition) is 5. The maximum absolute atomic E-state index is 13.7. The summed E-state index contributed by atoms with van der Waals surface area (Å²) in [5.74, 6) is 0.476. The third-order valence-corrected chi connectivity index (χ3v) is 8.66. The molecule has 10 heteroatoms. The molecule has 200 valence electrons. The van der Waals surface area contributed by atoms with Crippen molar-refractivity contribution < 1.29 is 13.0 Å². The van der Waals surface area contributed by atoms with E-state index in [1.165, 1.54) is 4.40 Å². The summed E-state index contributed by atoms with van der Waals surface area (Å²) in [6.45, 7) is 9.03. The van der Waals surface area contributed by atoms with Crippen LogP contribution in [0.4, 0.5) is 14.6 Å². The quantitative estimate of drug-likeness (QED) is 0.300. The van der Waals surface area contributed by atoms with E-state index in [0.717, 1.165) is 64.5 Å². The number of rotatable bonds is 8. The van der Waals surface area contributed by atoms with Gasteiger partial charge in [-0.2, -0.15) is 0 Å². The number of unbranched alkanes of at least 4 members (excludes halogenated alkanes) is 1. The zero-order valence-electron chi connectivity index (χ0n) is 21.9. The molecular weight excluding hydrogens is 506 g/mol. The first kappa shape index (κ1) is 26.4. The highest BCUT2D eigenvalue weighted by Gasteiger charge is 2.27. The molecule has 1 aliphatic rings. The molecule has 0 aliphatic carbocycles. The minimum absolute atomic E-state index is 0.345. The van der Waals surface area contributed by atoms with Gasteiger partial charge >= 0.3 is 0 Å². The van der Waals surface area contributed by atoms with Crippen LogP contribution in [0.1, 0.15) is 59.8 Å². The molecule has 0 radical (unpaired) electrons. The molecule has 1 atom stereocenters. The van der Waals surface area contributed by atoms with Gasteiger partial charge in [-0.05, 0) is 72.7 Å². The molecule has 3 aromatic heterocycles. The number of aryl methyl sites for hydroxylation is 2. The summed E-state index contributed by atoms with van der Waals surface area (Å²) < 4.78 is 43.5. The lowest BCUT2D eigenvalue weighted by atomic mass is 9.98. The number of anilines is 1. The average molecular weight is 539 g/mol. The highest BCUT2D eigenvalue weighted by atomic mass is 32.2. The molecule has 1 aliphatic heterocycles. The molecule has 1 aromatic carbocycles. The predicted octanol–water partition coefficient (Wildman–Crippen LogP) is 5.41. The van der Waals surface area contributed by atoms with E-state index in [9.17, 15) is 13.0 Å². The van der Waals surface area contributed by atoms with Crippen LogP contribution in [0.15, 0.2) is 53.7 Å². The Kier molecular flexibility index (Phi) is 7.80. The summed E-state index contributed by atoms with van der Waals surface area (Å²) in [5.41, 5.74) is 5.63. The first-order chi connectivity index (χ1) is 18.4. The molecule has 0 saturated heterocycles. The molecule has 0 saturated carbocycles. The molecule has 5 rings (SSSR count). The zero-order valence-corrected chi connectivity index (χ0v) is 22.7. The number of nitrogens with zero attached hydrogens (tertiary/aromatic N) is 6. The minimum atomic E-state index is -2.68. The van der Waals surface area contributed by atoms with E-state index < -0.39 is 17.4 Å².